The molecular formula is C12H12FN5O3. The van der Waals surface area contributed by atoms with Crippen LogP contribution >= 0.6 is 0 Å². The molecular weight excluding hydrogens is 281 g/mol. The Bertz CT molecular complexity index is 644. The highest BCUT2D eigenvalue weighted by Crippen LogP contribution is 2.16. The maximum absolute atomic E-state index is 13.0. The molecule has 0 radical (unpaired) electrons. The molecule has 0 saturated heterocycles. The van der Waals surface area contributed by atoms with E-state index in [9.17, 15) is 14.0 Å². The predicted molar refractivity (Wildman–Crippen MR) is 70.5 cm³/mol. The highest BCUT2D eigenvalue weighted by Gasteiger charge is 2.13. The number of hydrogen-bond donors (Lipinski definition) is 4. The Morgan fingerprint density at radius 1 is 1.38 bits per heavy atom. The fourth-order valence-electron chi connectivity index (χ4n) is 1.61. The quantitative estimate of drug-likeness (QED) is 0.655. The third-order valence-electron chi connectivity index (χ3n) is 2.57. The lowest BCUT2D eigenvalue weighted by Gasteiger charge is -2.09. The van der Waals surface area contributed by atoms with Gasteiger partial charge in [0.05, 0.1) is 11.3 Å². The second-order valence-electron chi connectivity index (χ2n) is 4.06. The number of rotatable bonds is 5. The summed E-state index contributed by atoms with van der Waals surface area (Å²) in [5.41, 5.74) is -0.304. The summed E-state index contributed by atoms with van der Waals surface area (Å²) in [6.07, 6.45) is 1.80. The first-order valence-electron chi connectivity index (χ1n) is 5.98. The van der Waals surface area contributed by atoms with E-state index in [-0.39, 0.29) is 17.8 Å². The van der Waals surface area contributed by atoms with E-state index in [4.69, 9.17) is 5.11 Å². The number of carboxylic acids is 1. The van der Waals surface area contributed by atoms with Gasteiger partial charge in [-0.3, -0.25) is 5.10 Å². The molecule has 0 aliphatic heterocycles. The Morgan fingerprint density at radius 3 is 2.86 bits per heavy atom. The first kappa shape index (κ1) is 14.4. The summed E-state index contributed by atoms with van der Waals surface area (Å²) in [7, 11) is 0. The molecule has 0 unspecified atom stereocenters. The molecule has 4 N–H and O–H groups in total. The minimum Gasteiger partial charge on any atom is -0.478 e. The first-order chi connectivity index (χ1) is 10.1. The topological polar surface area (TPSA) is 120 Å². The van der Waals surface area contributed by atoms with Crippen LogP contribution in [0.15, 0.2) is 24.5 Å². The van der Waals surface area contributed by atoms with Crippen molar-refractivity contribution in [1.29, 1.82) is 0 Å². The van der Waals surface area contributed by atoms with Gasteiger partial charge in [0.15, 0.2) is 0 Å². The van der Waals surface area contributed by atoms with E-state index < -0.39 is 17.8 Å². The zero-order chi connectivity index (χ0) is 15.2. The molecule has 21 heavy (non-hydrogen) atoms. The first-order valence-corrected chi connectivity index (χ1v) is 5.98. The SMILES string of the molecule is O=C(NCCc1ncn[nH]1)Nc1ccc(F)cc1C(=O)O. The fraction of sp³-hybridized carbons (Fsp3) is 0.167. The van der Waals surface area contributed by atoms with Gasteiger partial charge in [0.2, 0.25) is 0 Å². The average Bonchev–Trinajstić information content (AvgIpc) is 2.94. The van der Waals surface area contributed by atoms with Crippen LogP contribution < -0.4 is 10.6 Å². The summed E-state index contributed by atoms with van der Waals surface area (Å²) in [5, 5.41) is 20.1. The van der Waals surface area contributed by atoms with Gasteiger partial charge in [-0.1, -0.05) is 0 Å². The fourth-order valence-corrected chi connectivity index (χ4v) is 1.61. The van der Waals surface area contributed by atoms with E-state index in [2.05, 4.69) is 25.8 Å². The number of nitrogens with zero attached hydrogens (tertiary/aromatic N) is 2. The average molecular weight is 293 g/mol. The monoisotopic (exact) mass is 293 g/mol. The number of carbonyl (C=O) groups excluding carboxylic acids is 1. The Labute approximate surface area is 118 Å². The van der Waals surface area contributed by atoms with Crippen molar-refractivity contribution in [3.05, 3.63) is 41.7 Å². The molecule has 0 spiro atoms. The number of amides is 2. The van der Waals surface area contributed by atoms with Crippen LogP contribution in [0, 0.1) is 5.82 Å². The van der Waals surface area contributed by atoms with Gasteiger partial charge in [0.1, 0.15) is 18.0 Å². The van der Waals surface area contributed by atoms with Crippen molar-refractivity contribution in [3.63, 3.8) is 0 Å². The van der Waals surface area contributed by atoms with Crippen LogP contribution in [0.4, 0.5) is 14.9 Å². The molecule has 1 aromatic heterocycles. The number of carbonyl (C=O) groups is 2. The zero-order valence-corrected chi connectivity index (χ0v) is 10.8. The lowest BCUT2D eigenvalue weighted by atomic mass is 10.2. The number of anilines is 1. The summed E-state index contributed by atoms with van der Waals surface area (Å²) < 4.78 is 13.0. The van der Waals surface area contributed by atoms with Gasteiger partial charge in [0.25, 0.3) is 0 Å². The molecule has 1 heterocycles. The third kappa shape index (κ3) is 4.00. The van der Waals surface area contributed by atoms with E-state index in [1.165, 1.54) is 12.4 Å². The van der Waals surface area contributed by atoms with Crippen LogP contribution in [-0.2, 0) is 6.42 Å². The van der Waals surface area contributed by atoms with Gasteiger partial charge < -0.3 is 15.7 Å². The van der Waals surface area contributed by atoms with Crippen molar-refractivity contribution in [3.8, 4) is 0 Å². The van der Waals surface area contributed by atoms with Crippen molar-refractivity contribution >= 4 is 17.7 Å². The molecule has 0 fully saturated rings. The molecule has 8 nitrogen and oxygen atoms in total. The summed E-state index contributed by atoms with van der Waals surface area (Å²) in [4.78, 5) is 26.5. The van der Waals surface area contributed by atoms with Crippen LogP contribution in [0.3, 0.4) is 0 Å². The van der Waals surface area contributed by atoms with Crippen LogP contribution in [0.25, 0.3) is 0 Å². The van der Waals surface area contributed by atoms with Crippen molar-refractivity contribution in [2.24, 2.45) is 0 Å². The van der Waals surface area contributed by atoms with Crippen molar-refractivity contribution in [2.45, 2.75) is 6.42 Å². The van der Waals surface area contributed by atoms with Crippen LogP contribution in [-0.4, -0.2) is 38.8 Å². The molecule has 9 heteroatoms. The molecule has 0 aliphatic carbocycles. The zero-order valence-electron chi connectivity index (χ0n) is 10.8. The van der Waals surface area contributed by atoms with Crippen LogP contribution in [0.1, 0.15) is 16.2 Å². The van der Waals surface area contributed by atoms with Gasteiger partial charge in [-0.05, 0) is 18.2 Å². The maximum Gasteiger partial charge on any atom is 0.337 e. The molecule has 0 atom stereocenters. The summed E-state index contributed by atoms with van der Waals surface area (Å²) in [5.74, 6) is -1.40. The standard InChI is InChI=1S/C12H12FN5O3/c13-7-1-2-9(8(5-7)11(19)20)17-12(21)14-4-3-10-15-6-16-18-10/h1-2,5-6H,3-4H2,(H,19,20)(H2,14,17,21)(H,15,16,18). The van der Waals surface area contributed by atoms with Gasteiger partial charge >= 0.3 is 12.0 Å². The molecule has 0 saturated carbocycles. The number of urea groups is 1. The minimum atomic E-state index is -1.33. The Morgan fingerprint density at radius 2 is 2.19 bits per heavy atom. The number of aromatic nitrogens is 3. The van der Waals surface area contributed by atoms with E-state index in [1.54, 1.807) is 0 Å². The molecule has 110 valence electrons. The maximum atomic E-state index is 13.0. The summed E-state index contributed by atoms with van der Waals surface area (Å²) in [6.45, 7) is 0.282. The Balaban J connectivity index is 1.92. The lowest BCUT2D eigenvalue weighted by molar-refractivity contribution is 0.0697. The minimum absolute atomic E-state index is 0.0149. The summed E-state index contributed by atoms with van der Waals surface area (Å²) >= 11 is 0. The molecule has 2 amide bonds. The number of hydrogen-bond acceptors (Lipinski definition) is 4. The Kier molecular flexibility index (Phi) is 4.44. The smallest absolute Gasteiger partial charge is 0.337 e. The van der Waals surface area contributed by atoms with Crippen LogP contribution in [0.2, 0.25) is 0 Å². The lowest BCUT2D eigenvalue weighted by Crippen LogP contribution is -2.31. The number of halogens is 1. The molecule has 1 aromatic carbocycles. The third-order valence-corrected chi connectivity index (χ3v) is 2.57. The second-order valence-corrected chi connectivity index (χ2v) is 4.06. The van der Waals surface area contributed by atoms with E-state index >= 15 is 0 Å². The number of aromatic amines is 1. The van der Waals surface area contributed by atoms with E-state index in [1.807, 2.05) is 0 Å². The molecule has 0 bridgehead atoms. The van der Waals surface area contributed by atoms with Gasteiger partial charge in [0, 0.05) is 13.0 Å². The number of aromatic carboxylic acids is 1. The largest absolute Gasteiger partial charge is 0.478 e. The number of carboxylic acid groups (broad SMARTS) is 1. The normalized spacial score (nSPS) is 10.1. The van der Waals surface area contributed by atoms with Crippen molar-refractivity contribution in [1.82, 2.24) is 20.5 Å². The van der Waals surface area contributed by atoms with Gasteiger partial charge in [-0.15, -0.1) is 0 Å². The Hall–Kier alpha value is -2.97. The van der Waals surface area contributed by atoms with E-state index in [0.717, 1.165) is 12.1 Å². The molecule has 2 rings (SSSR count). The van der Waals surface area contributed by atoms with Crippen molar-refractivity contribution < 1.29 is 19.1 Å². The number of H-pyrrole nitrogens is 1. The highest BCUT2D eigenvalue weighted by molar-refractivity contribution is 5.99. The van der Waals surface area contributed by atoms with Gasteiger partial charge in [-0.2, -0.15) is 5.10 Å². The molecule has 0 aliphatic rings. The highest BCUT2D eigenvalue weighted by atomic mass is 19.1. The predicted octanol–water partition coefficient (Wildman–Crippen LogP) is 1.01. The summed E-state index contributed by atoms with van der Waals surface area (Å²) in [6, 6.07) is 2.50. The molecule has 2 aromatic rings. The van der Waals surface area contributed by atoms with E-state index in [0.29, 0.717) is 12.2 Å². The van der Waals surface area contributed by atoms with Crippen molar-refractivity contribution in [2.75, 3.05) is 11.9 Å². The van der Waals surface area contributed by atoms with Crippen LogP contribution in [0.5, 0.6) is 0 Å². The number of nitrogens with one attached hydrogen (secondary N) is 3. The second kappa shape index (κ2) is 6.46. The van der Waals surface area contributed by atoms with Gasteiger partial charge in [-0.25, -0.2) is 19.0 Å². The number of benzene rings is 1.